The molecule has 0 rings (SSSR count). The number of carboxylic acids is 1. The Labute approximate surface area is 83.1 Å². The lowest BCUT2D eigenvalue weighted by Crippen LogP contribution is -2.25. The maximum Gasteiger partial charge on any atom is 0.303 e. The van der Waals surface area contributed by atoms with Crippen LogP contribution in [0.2, 0.25) is 0 Å². The minimum absolute atomic E-state index is 0.0662. The SMILES string of the molecule is CC(O)CCC(=O)NCCCC(=O)O. The summed E-state index contributed by atoms with van der Waals surface area (Å²) in [7, 11) is 0. The van der Waals surface area contributed by atoms with Gasteiger partial charge in [-0.25, -0.2) is 0 Å². The molecule has 0 aliphatic rings. The summed E-state index contributed by atoms with van der Waals surface area (Å²) < 4.78 is 0. The van der Waals surface area contributed by atoms with Gasteiger partial charge in [0.15, 0.2) is 0 Å². The lowest BCUT2D eigenvalue weighted by atomic mass is 10.2. The van der Waals surface area contributed by atoms with E-state index in [1.807, 2.05) is 0 Å². The summed E-state index contributed by atoms with van der Waals surface area (Å²) in [4.78, 5) is 21.1. The lowest BCUT2D eigenvalue weighted by molar-refractivity contribution is -0.137. The third-order valence-corrected chi connectivity index (χ3v) is 1.68. The van der Waals surface area contributed by atoms with Gasteiger partial charge in [-0.1, -0.05) is 0 Å². The van der Waals surface area contributed by atoms with Gasteiger partial charge in [-0.05, 0) is 19.8 Å². The zero-order chi connectivity index (χ0) is 11.0. The van der Waals surface area contributed by atoms with E-state index in [0.717, 1.165) is 0 Å². The summed E-state index contributed by atoms with van der Waals surface area (Å²) >= 11 is 0. The summed E-state index contributed by atoms with van der Waals surface area (Å²) in [6, 6.07) is 0. The third-order valence-electron chi connectivity index (χ3n) is 1.68. The fourth-order valence-electron chi connectivity index (χ4n) is 0.896. The Bertz CT molecular complexity index is 191. The van der Waals surface area contributed by atoms with Crippen molar-refractivity contribution in [1.29, 1.82) is 0 Å². The van der Waals surface area contributed by atoms with Crippen molar-refractivity contribution in [3.05, 3.63) is 0 Å². The molecule has 0 saturated carbocycles. The summed E-state index contributed by atoms with van der Waals surface area (Å²) in [6.07, 6.45) is 0.752. The van der Waals surface area contributed by atoms with Crippen LogP contribution in [0.25, 0.3) is 0 Å². The summed E-state index contributed by atoms with van der Waals surface area (Å²) in [5.41, 5.74) is 0. The number of rotatable bonds is 7. The Hall–Kier alpha value is -1.10. The number of nitrogens with one attached hydrogen (secondary N) is 1. The molecule has 0 bridgehead atoms. The van der Waals surface area contributed by atoms with Crippen molar-refractivity contribution in [3.8, 4) is 0 Å². The molecule has 14 heavy (non-hydrogen) atoms. The first-order valence-corrected chi connectivity index (χ1v) is 4.69. The number of carbonyl (C=O) groups is 2. The summed E-state index contributed by atoms with van der Waals surface area (Å²) in [6.45, 7) is 2.00. The Morgan fingerprint density at radius 2 is 2.00 bits per heavy atom. The Morgan fingerprint density at radius 3 is 2.50 bits per heavy atom. The highest BCUT2D eigenvalue weighted by Crippen LogP contribution is 1.95. The van der Waals surface area contributed by atoms with E-state index in [-0.39, 0.29) is 18.7 Å². The second-order valence-electron chi connectivity index (χ2n) is 3.23. The van der Waals surface area contributed by atoms with Crippen molar-refractivity contribution in [2.45, 2.75) is 38.7 Å². The van der Waals surface area contributed by atoms with Crippen LogP contribution in [0, 0.1) is 0 Å². The zero-order valence-electron chi connectivity index (χ0n) is 8.32. The van der Waals surface area contributed by atoms with Crippen LogP contribution >= 0.6 is 0 Å². The van der Waals surface area contributed by atoms with Gasteiger partial charge < -0.3 is 15.5 Å². The van der Waals surface area contributed by atoms with E-state index in [9.17, 15) is 9.59 Å². The van der Waals surface area contributed by atoms with Gasteiger partial charge in [-0.15, -0.1) is 0 Å². The lowest BCUT2D eigenvalue weighted by Gasteiger charge is -2.05. The molecule has 3 N–H and O–H groups in total. The quantitative estimate of drug-likeness (QED) is 0.513. The number of hydrogen-bond donors (Lipinski definition) is 3. The minimum Gasteiger partial charge on any atom is -0.481 e. The van der Waals surface area contributed by atoms with Gasteiger partial charge in [0.1, 0.15) is 0 Å². The van der Waals surface area contributed by atoms with E-state index >= 15 is 0 Å². The van der Waals surface area contributed by atoms with Crippen molar-refractivity contribution in [2.24, 2.45) is 0 Å². The molecule has 0 spiro atoms. The number of carboxylic acid groups (broad SMARTS) is 1. The van der Waals surface area contributed by atoms with Gasteiger partial charge in [0.05, 0.1) is 6.10 Å². The van der Waals surface area contributed by atoms with Crippen LogP contribution in [0.5, 0.6) is 0 Å². The van der Waals surface area contributed by atoms with Gasteiger partial charge >= 0.3 is 5.97 Å². The molecule has 0 saturated heterocycles. The molecule has 0 heterocycles. The number of aliphatic hydroxyl groups excluding tert-OH is 1. The maximum absolute atomic E-state index is 11.0. The minimum atomic E-state index is -0.858. The highest BCUT2D eigenvalue weighted by Gasteiger charge is 2.03. The van der Waals surface area contributed by atoms with Gasteiger partial charge in [0.25, 0.3) is 0 Å². The van der Waals surface area contributed by atoms with Crippen molar-refractivity contribution < 1.29 is 19.8 Å². The van der Waals surface area contributed by atoms with Crippen LogP contribution in [0.15, 0.2) is 0 Å². The Morgan fingerprint density at radius 1 is 1.36 bits per heavy atom. The molecule has 0 radical (unpaired) electrons. The number of amides is 1. The van der Waals surface area contributed by atoms with Crippen molar-refractivity contribution in [1.82, 2.24) is 5.32 Å². The number of aliphatic carboxylic acids is 1. The first-order chi connectivity index (χ1) is 6.52. The molecule has 82 valence electrons. The molecular weight excluding hydrogens is 186 g/mol. The first-order valence-electron chi connectivity index (χ1n) is 4.69. The van der Waals surface area contributed by atoms with Crippen LogP contribution in [-0.2, 0) is 9.59 Å². The molecule has 0 aromatic carbocycles. The number of aliphatic hydroxyl groups is 1. The standard InChI is InChI=1S/C9H17NO4/c1-7(11)4-5-8(12)10-6-2-3-9(13)14/h7,11H,2-6H2,1H3,(H,10,12)(H,13,14). The smallest absolute Gasteiger partial charge is 0.303 e. The molecule has 5 heteroatoms. The highest BCUT2D eigenvalue weighted by atomic mass is 16.4. The van der Waals surface area contributed by atoms with Crippen molar-refractivity contribution in [3.63, 3.8) is 0 Å². The topological polar surface area (TPSA) is 86.6 Å². The summed E-state index contributed by atoms with van der Waals surface area (Å²) in [5, 5.41) is 19.8. The second kappa shape index (κ2) is 7.32. The Kier molecular flexibility index (Phi) is 6.74. The monoisotopic (exact) mass is 203 g/mol. The van der Waals surface area contributed by atoms with Crippen LogP contribution in [0.4, 0.5) is 0 Å². The van der Waals surface area contributed by atoms with E-state index in [0.29, 0.717) is 19.4 Å². The van der Waals surface area contributed by atoms with Crippen LogP contribution in [0.3, 0.4) is 0 Å². The molecule has 0 aliphatic heterocycles. The molecule has 0 aliphatic carbocycles. The number of carbonyl (C=O) groups excluding carboxylic acids is 1. The number of hydrogen-bond acceptors (Lipinski definition) is 3. The zero-order valence-corrected chi connectivity index (χ0v) is 8.32. The molecule has 1 amide bonds. The second-order valence-corrected chi connectivity index (χ2v) is 3.23. The van der Waals surface area contributed by atoms with Crippen LogP contribution < -0.4 is 5.32 Å². The fourth-order valence-corrected chi connectivity index (χ4v) is 0.896. The first kappa shape index (κ1) is 12.9. The van der Waals surface area contributed by atoms with Gasteiger partial charge in [0.2, 0.25) is 5.91 Å². The van der Waals surface area contributed by atoms with E-state index < -0.39 is 12.1 Å². The molecule has 1 unspecified atom stereocenters. The predicted octanol–water partition coefficient (Wildman–Crippen LogP) is 0.128. The van der Waals surface area contributed by atoms with Crippen molar-refractivity contribution in [2.75, 3.05) is 6.54 Å². The van der Waals surface area contributed by atoms with Crippen LogP contribution in [-0.4, -0.2) is 34.7 Å². The van der Waals surface area contributed by atoms with E-state index in [4.69, 9.17) is 10.2 Å². The van der Waals surface area contributed by atoms with Crippen LogP contribution in [0.1, 0.15) is 32.6 Å². The average Bonchev–Trinajstić information content (AvgIpc) is 2.08. The molecule has 0 fully saturated rings. The average molecular weight is 203 g/mol. The van der Waals surface area contributed by atoms with Gasteiger partial charge in [-0.2, -0.15) is 0 Å². The molecular formula is C9H17NO4. The summed E-state index contributed by atoms with van der Waals surface area (Å²) in [5.74, 6) is -1.00. The van der Waals surface area contributed by atoms with Gasteiger partial charge in [0, 0.05) is 19.4 Å². The maximum atomic E-state index is 11.0. The Balaban J connectivity index is 3.31. The molecule has 0 aromatic heterocycles. The molecule has 5 nitrogen and oxygen atoms in total. The van der Waals surface area contributed by atoms with Crippen molar-refractivity contribution >= 4 is 11.9 Å². The predicted molar refractivity (Wildman–Crippen MR) is 50.8 cm³/mol. The van der Waals surface area contributed by atoms with E-state index in [2.05, 4.69) is 5.32 Å². The molecule has 1 atom stereocenters. The third kappa shape index (κ3) is 8.99. The largest absolute Gasteiger partial charge is 0.481 e. The molecule has 0 aromatic rings. The normalized spacial score (nSPS) is 12.1. The highest BCUT2D eigenvalue weighted by molar-refractivity contribution is 5.75. The van der Waals surface area contributed by atoms with Gasteiger partial charge in [-0.3, -0.25) is 9.59 Å². The fraction of sp³-hybridized carbons (Fsp3) is 0.778. The van der Waals surface area contributed by atoms with E-state index in [1.165, 1.54) is 0 Å². The van der Waals surface area contributed by atoms with E-state index in [1.54, 1.807) is 6.92 Å².